The first-order chi connectivity index (χ1) is 8.86. The fourth-order valence-corrected chi connectivity index (χ4v) is 1.71. The summed E-state index contributed by atoms with van der Waals surface area (Å²) in [4.78, 5) is 23.6. The molecule has 0 fully saturated rings. The Hall–Kier alpha value is -1.98. The van der Waals surface area contributed by atoms with Gasteiger partial charge in [0.2, 0.25) is 0 Å². The number of esters is 1. The van der Waals surface area contributed by atoms with Gasteiger partial charge in [0.05, 0.1) is 12.3 Å². The largest absolute Gasteiger partial charge is 0.464 e. The van der Waals surface area contributed by atoms with Gasteiger partial charge >= 0.3 is 5.97 Å². The maximum atomic E-state index is 12.1. The summed E-state index contributed by atoms with van der Waals surface area (Å²) in [6.07, 6.45) is 1.70. The molecule has 0 radical (unpaired) electrons. The number of rotatable bonds is 5. The van der Waals surface area contributed by atoms with E-state index in [1.807, 2.05) is 13.8 Å². The number of nitrogens with two attached hydrogens (primary N) is 1. The number of nitrogens with one attached hydrogen (secondary N) is 1. The Morgan fingerprint density at radius 1 is 1.42 bits per heavy atom. The molecule has 3 N–H and O–H groups in total. The maximum Gasteiger partial charge on any atom is 0.328 e. The number of carbonyl (C=O) groups excluding carboxylic acids is 2. The molecule has 106 valence electrons. The molecule has 0 aromatic carbocycles. The molecule has 6 heteroatoms. The van der Waals surface area contributed by atoms with Crippen molar-refractivity contribution in [1.82, 2.24) is 9.88 Å². The van der Waals surface area contributed by atoms with E-state index >= 15 is 0 Å². The highest BCUT2D eigenvalue weighted by atomic mass is 16.5. The molecule has 0 aliphatic rings. The lowest BCUT2D eigenvalue weighted by Crippen LogP contribution is -2.40. The lowest BCUT2D eigenvalue weighted by atomic mass is 10.3. The van der Waals surface area contributed by atoms with Gasteiger partial charge in [-0.25, -0.2) is 4.79 Å². The highest BCUT2D eigenvalue weighted by Crippen LogP contribution is 2.16. The topological polar surface area (TPSA) is 86.3 Å². The minimum atomic E-state index is -0.691. The Kier molecular flexibility index (Phi) is 4.97. The van der Waals surface area contributed by atoms with Crippen LogP contribution in [0.5, 0.6) is 0 Å². The van der Waals surface area contributed by atoms with Gasteiger partial charge in [-0.1, -0.05) is 0 Å². The maximum absolute atomic E-state index is 12.1. The molecule has 6 nitrogen and oxygen atoms in total. The molecule has 0 spiro atoms. The van der Waals surface area contributed by atoms with Gasteiger partial charge in [0.1, 0.15) is 11.7 Å². The average Bonchev–Trinajstić information content (AvgIpc) is 2.71. The van der Waals surface area contributed by atoms with Crippen LogP contribution >= 0.6 is 0 Å². The van der Waals surface area contributed by atoms with Gasteiger partial charge in [-0.05, 0) is 33.8 Å². The van der Waals surface area contributed by atoms with E-state index in [1.54, 1.807) is 30.7 Å². The number of hydrogen-bond donors (Lipinski definition) is 2. The van der Waals surface area contributed by atoms with E-state index in [2.05, 4.69) is 5.32 Å². The third-order valence-electron chi connectivity index (χ3n) is 2.65. The monoisotopic (exact) mass is 267 g/mol. The third kappa shape index (κ3) is 3.74. The number of carbonyl (C=O) groups is 2. The minimum absolute atomic E-state index is 0.107. The molecule has 1 atom stereocenters. The summed E-state index contributed by atoms with van der Waals surface area (Å²) in [6, 6.07) is 1.01. The number of aromatic nitrogens is 1. The number of ether oxygens (including phenoxy) is 1. The molecule has 1 aromatic heterocycles. The summed E-state index contributed by atoms with van der Waals surface area (Å²) in [5.41, 5.74) is 6.65. The molecule has 0 aliphatic heterocycles. The van der Waals surface area contributed by atoms with Gasteiger partial charge in [0, 0.05) is 12.2 Å². The van der Waals surface area contributed by atoms with E-state index < -0.39 is 12.0 Å². The van der Waals surface area contributed by atoms with Gasteiger partial charge in [0.15, 0.2) is 0 Å². The summed E-state index contributed by atoms with van der Waals surface area (Å²) in [7, 11) is 0. The van der Waals surface area contributed by atoms with E-state index in [0.717, 1.165) is 0 Å². The quantitative estimate of drug-likeness (QED) is 0.788. The second-order valence-corrected chi connectivity index (χ2v) is 4.61. The Morgan fingerprint density at radius 3 is 2.58 bits per heavy atom. The Labute approximate surface area is 112 Å². The van der Waals surface area contributed by atoms with Crippen molar-refractivity contribution in [3.63, 3.8) is 0 Å². The lowest BCUT2D eigenvalue weighted by Gasteiger charge is -2.15. The Bertz CT molecular complexity index is 466. The van der Waals surface area contributed by atoms with Crippen molar-refractivity contribution in [3.8, 4) is 0 Å². The van der Waals surface area contributed by atoms with Gasteiger partial charge in [-0.3, -0.25) is 4.79 Å². The van der Waals surface area contributed by atoms with E-state index in [1.165, 1.54) is 0 Å². The fourth-order valence-electron chi connectivity index (χ4n) is 1.71. The van der Waals surface area contributed by atoms with Crippen LogP contribution in [0.4, 0.5) is 5.69 Å². The normalized spacial score (nSPS) is 12.3. The van der Waals surface area contributed by atoms with Gasteiger partial charge in [-0.15, -0.1) is 0 Å². The van der Waals surface area contributed by atoms with Crippen LogP contribution in [0.15, 0.2) is 12.3 Å². The predicted octanol–water partition coefficient (Wildman–Crippen LogP) is 1.33. The SMILES string of the molecule is CCOC(=O)C(C)NC(=O)c1cc(N)cn1C(C)C. The summed E-state index contributed by atoms with van der Waals surface area (Å²) >= 11 is 0. The second-order valence-electron chi connectivity index (χ2n) is 4.61. The van der Waals surface area contributed by atoms with Crippen molar-refractivity contribution in [3.05, 3.63) is 18.0 Å². The lowest BCUT2D eigenvalue weighted by molar-refractivity contribution is -0.144. The first-order valence-corrected chi connectivity index (χ1v) is 6.31. The van der Waals surface area contributed by atoms with Crippen LogP contribution in [0.1, 0.15) is 44.2 Å². The van der Waals surface area contributed by atoms with E-state index in [0.29, 0.717) is 11.4 Å². The van der Waals surface area contributed by atoms with Crippen LogP contribution in [0.3, 0.4) is 0 Å². The zero-order valence-electron chi connectivity index (χ0n) is 11.8. The number of nitrogens with zero attached hydrogens (tertiary/aromatic N) is 1. The van der Waals surface area contributed by atoms with Crippen molar-refractivity contribution in [1.29, 1.82) is 0 Å². The van der Waals surface area contributed by atoms with Crippen molar-refractivity contribution < 1.29 is 14.3 Å². The zero-order chi connectivity index (χ0) is 14.6. The summed E-state index contributed by atoms with van der Waals surface area (Å²) in [5, 5.41) is 2.60. The average molecular weight is 267 g/mol. The Balaban J connectivity index is 2.81. The smallest absolute Gasteiger partial charge is 0.328 e. The van der Waals surface area contributed by atoms with Gasteiger partial charge in [-0.2, -0.15) is 0 Å². The predicted molar refractivity (Wildman–Crippen MR) is 72.8 cm³/mol. The molecular weight excluding hydrogens is 246 g/mol. The van der Waals surface area contributed by atoms with Gasteiger partial charge < -0.3 is 20.4 Å². The standard InChI is InChI=1S/C13H21N3O3/c1-5-19-13(18)9(4)15-12(17)11-6-10(14)7-16(11)8(2)3/h6-9H,5,14H2,1-4H3,(H,15,17). The second kappa shape index (κ2) is 6.26. The molecule has 0 saturated carbocycles. The molecular formula is C13H21N3O3. The summed E-state index contributed by atoms with van der Waals surface area (Å²) in [5.74, 6) is -0.794. The first-order valence-electron chi connectivity index (χ1n) is 6.31. The summed E-state index contributed by atoms with van der Waals surface area (Å²) in [6.45, 7) is 7.49. The highest BCUT2D eigenvalue weighted by molar-refractivity contribution is 5.96. The molecule has 1 unspecified atom stereocenters. The van der Waals surface area contributed by atoms with Gasteiger partial charge in [0.25, 0.3) is 5.91 Å². The molecule has 0 saturated heterocycles. The van der Waals surface area contributed by atoms with Crippen LogP contribution in [-0.4, -0.2) is 29.1 Å². The van der Waals surface area contributed by atoms with Crippen LogP contribution in [0.2, 0.25) is 0 Å². The number of anilines is 1. The van der Waals surface area contributed by atoms with Crippen molar-refractivity contribution in [2.45, 2.75) is 39.8 Å². The number of hydrogen-bond acceptors (Lipinski definition) is 4. The summed E-state index contributed by atoms with van der Waals surface area (Å²) < 4.78 is 6.60. The first kappa shape index (κ1) is 15.1. The highest BCUT2D eigenvalue weighted by Gasteiger charge is 2.20. The molecule has 0 bridgehead atoms. The molecule has 19 heavy (non-hydrogen) atoms. The zero-order valence-corrected chi connectivity index (χ0v) is 11.8. The molecule has 1 rings (SSSR count). The van der Waals surface area contributed by atoms with Crippen molar-refractivity contribution >= 4 is 17.6 Å². The molecule has 0 aliphatic carbocycles. The fraction of sp³-hybridized carbons (Fsp3) is 0.538. The molecule has 1 aromatic rings. The van der Waals surface area contributed by atoms with E-state index in [-0.39, 0.29) is 18.6 Å². The van der Waals surface area contributed by atoms with E-state index in [9.17, 15) is 9.59 Å². The van der Waals surface area contributed by atoms with Crippen LogP contribution in [0.25, 0.3) is 0 Å². The molecule has 1 amide bonds. The minimum Gasteiger partial charge on any atom is -0.464 e. The van der Waals surface area contributed by atoms with Crippen LogP contribution in [0, 0.1) is 0 Å². The van der Waals surface area contributed by atoms with Crippen molar-refractivity contribution in [2.75, 3.05) is 12.3 Å². The molecule has 1 heterocycles. The number of amides is 1. The Morgan fingerprint density at radius 2 is 2.05 bits per heavy atom. The van der Waals surface area contributed by atoms with Crippen molar-refractivity contribution in [2.24, 2.45) is 0 Å². The number of nitrogen functional groups attached to an aromatic ring is 1. The third-order valence-corrected chi connectivity index (χ3v) is 2.65. The van der Waals surface area contributed by atoms with E-state index in [4.69, 9.17) is 10.5 Å². The van der Waals surface area contributed by atoms with Crippen LogP contribution in [-0.2, 0) is 9.53 Å². The van der Waals surface area contributed by atoms with Crippen LogP contribution < -0.4 is 11.1 Å².